The monoisotopic (exact) mass is 702 g/mol. The third-order valence-electron chi connectivity index (χ3n) is 11.3. The van der Waals surface area contributed by atoms with E-state index in [9.17, 15) is 8.78 Å². The van der Waals surface area contributed by atoms with Gasteiger partial charge in [-0.2, -0.15) is 0 Å². The Labute approximate surface area is 309 Å². The summed E-state index contributed by atoms with van der Waals surface area (Å²) < 4.78 is 31.3. The predicted molar refractivity (Wildman–Crippen MR) is 214 cm³/mol. The van der Waals surface area contributed by atoms with Crippen molar-refractivity contribution in [3.05, 3.63) is 141 Å². The molecule has 0 bridgehead atoms. The molecule has 0 aliphatic carbocycles. The maximum atomic E-state index is 13.1. The van der Waals surface area contributed by atoms with Crippen LogP contribution in [0.1, 0.15) is 78.5 Å². The molecule has 0 fully saturated rings. The fraction of sp³-hybridized carbons (Fsp3) is 0.391. The number of likely N-dealkylation sites (N-methyl/N-ethyl adjacent to an activating group) is 2. The predicted octanol–water partition coefficient (Wildman–Crippen LogP) is 10.6. The summed E-state index contributed by atoms with van der Waals surface area (Å²) in [6.07, 6.45) is 4.03. The fourth-order valence-electron chi connectivity index (χ4n) is 8.12. The molecule has 6 aromatic rings. The number of aromatic nitrogens is 2. The van der Waals surface area contributed by atoms with Crippen LogP contribution in [0.4, 0.5) is 8.78 Å². The van der Waals surface area contributed by atoms with Gasteiger partial charge in [-0.3, -0.25) is 9.80 Å². The molecule has 0 N–H and O–H groups in total. The molecular weight excluding hydrogens is 647 g/mol. The van der Waals surface area contributed by atoms with Crippen molar-refractivity contribution in [2.75, 3.05) is 20.6 Å². The summed E-state index contributed by atoms with van der Waals surface area (Å²) in [4.78, 5) is 4.88. The normalized spacial score (nSPS) is 17.3. The lowest BCUT2D eigenvalue weighted by molar-refractivity contribution is 0.228. The van der Waals surface area contributed by atoms with Crippen LogP contribution < -0.4 is 0 Å². The van der Waals surface area contributed by atoms with Crippen LogP contribution in [0.25, 0.3) is 21.8 Å². The Morgan fingerprint density at radius 3 is 1.69 bits per heavy atom. The summed E-state index contributed by atoms with van der Waals surface area (Å²) in [6.45, 7) is 16.9. The Kier molecular flexibility index (Phi) is 11.7. The van der Waals surface area contributed by atoms with Gasteiger partial charge in [0.15, 0.2) is 0 Å². The lowest BCUT2D eigenvalue weighted by atomic mass is 9.97. The first-order valence-electron chi connectivity index (χ1n) is 19.2. The number of rotatable bonds is 6. The molecule has 52 heavy (non-hydrogen) atoms. The zero-order chi connectivity index (χ0) is 37.1. The van der Waals surface area contributed by atoms with Gasteiger partial charge in [-0.25, -0.2) is 8.78 Å². The van der Waals surface area contributed by atoms with Crippen LogP contribution in [0.2, 0.25) is 0 Å². The summed E-state index contributed by atoms with van der Waals surface area (Å²) in [5, 5.41) is 2.79. The highest BCUT2D eigenvalue weighted by Crippen LogP contribution is 2.38. The highest BCUT2D eigenvalue weighted by Gasteiger charge is 2.28. The average Bonchev–Trinajstić information content (AvgIpc) is 3.61. The zero-order valence-electron chi connectivity index (χ0n) is 32.4. The minimum absolute atomic E-state index is 0.167. The van der Waals surface area contributed by atoms with Crippen molar-refractivity contribution in [2.45, 2.75) is 98.9 Å². The highest BCUT2D eigenvalue weighted by molar-refractivity contribution is 5.87. The summed E-state index contributed by atoms with van der Waals surface area (Å²) in [5.74, 6) is -0.334. The van der Waals surface area contributed by atoms with E-state index in [0.717, 1.165) is 51.9 Å². The van der Waals surface area contributed by atoms with E-state index in [1.54, 1.807) is 24.3 Å². The van der Waals surface area contributed by atoms with E-state index < -0.39 is 0 Å². The Morgan fingerprint density at radius 2 is 1.13 bits per heavy atom. The first-order valence-corrected chi connectivity index (χ1v) is 19.2. The maximum absolute atomic E-state index is 13.1. The van der Waals surface area contributed by atoms with Gasteiger partial charge in [-0.05, 0) is 125 Å². The molecule has 0 unspecified atom stereocenters. The number of nitrogens with zero attached hydrogens (tertiary/aromatic N) is 4. The van der Waals surface area contributed by atoms with Crippen molar-refractivity contribution >= 4 is 21.8 Å². The molecule has 0 saturated heterocycles. The molecule has 0 saturated carbocycles. The minimum atomic E-state index is -0.167. The van der Waals surface area contributed by atoms with E-state index in [0.29, 0.717) is 12.1 Å². The molecule has 0 radical (unpaired) electrons. The van der Waals surface area contributed by atoms with E-state index in [-0.39, 0.29) is 11.6 Å². The quantitative estimate of drug-likeness (QED) is 0.172. The van der Waals surface area contributed by atoms with Gasteiger partial charge in [-0.15, -0.1) is 0 Å². The number of halogens is 2. The van der Waals surface area contributed by atoms with E-state index in [1.807, 2.05) is 38.1 Å². The molecule has 8 rings (SSSR count). The second kappa shape index (κ2) is 16.2. The first kappa shape index (κ1) is 37.5. The molecule has 4 nitrogen and oxygen atoms in total. The van der Waals surface area contributed by atoms with Gasteiger partial charge in [0.25, 0.3) is 0 Å². The van der Waals surface area contributed by atoms with Crippen molar-refractivity contribution < 1.29 is 8.78 Å². The van der Waals surface area contributed by atoms with E-state index in [4.69, 9.17) is 0 Å². The van der Waals surface area contributed by atoms with Crippen LogP contribution in [-0.4, -0.2) is 45.6 Å². The summed E-state index contributed by atoms with van der Waals surface area (Å²) >= 11 is 0. The molecule has 2 aromatic heterocycles. The van der Waals surface area contributed by atoms with Gasteiger partial charge in [-0.1, -0.05) is 61.4 Å². The standard InChI is InChI=1S/2C22H25FN2.C2H6/c1-15-4-9-20-19(14-15)22-16(2)24(3)12-11-21(22)25(20)13-10-17-5-7-18(23)8-6-17;1-15-4-9-21-19(12-15)20-14-24(3)16(2)13-22(20)25(21)11-10-17-5-7-18(23)8-6-17;1-2/h4-9,14,16H,10-13H2,1-3H3;4-9,12,16H,10-11,13-14H2,1-3H3;1-2H3/t2*16-;/m11./s1. The Hall–Kier alpha value is -4.26. The van der Waals surface area contributed by atoms with Crippen LogP contribution in [0.5, 0.6) is 0 Å². The minimum Gasteiger partial charge on any atom is -0.344 e. The number of hydrogen-bond acceptors (Lipinski definition) is 2. The molecular formula is C46H56F2N4. The van der Waals surface area contributed by atoms with Crippen LogP contribution in [0.3, 0.4) is 0 Å². The Balaban J connectivity index is 0.000000171. The molecule has 0 amide bonds. The molecule has 4 heterocycles. The average molecular weight is 703 g/mol. The number of hydrogen-bond donors (Lipinski definition) is 0. The molecule has 2 aliphatic rings. The van der Waals surface area contributed by atoms with Crippen molar-refractivity contribution in [3.8, 4) is 0 Å². The summed E-state index contributed by atoms with van der Waals surface area (Å²) in [7, 11) is 4.43. The van der Waals surface area contributed by atoms with Gasteiger partial charge in [0.2, 0.25) is 0 Å². The van der Waals surface area contributed by atoms with E-state index >= 15 is 0 Å². The second-order valence-electron chi connectivity index (χ2n) is 14.8. The SMILES string of the molecule is CC.Cc1ccc2c(c1)c1c(n2CCc2ccc(F)cc2)CCN(C)[C@@H]1C.Cc1ccc2c(c1)c1c(n2CCc2ccc(F)cc2)C[C@@H](C)N(C)C1. The number of benzene rings is 4. The Bertz CT molecular complexity index is 2120. The molecule has 2 aliphatic heterocycles. The van der Waals surface area contributed by atoms with Gasteiger partial charge in [0.1, 0.15) is 11.6 Å². The molecule has 274 valence electrons. The Morgan fingerprint density at radius 1 is 0.635 bits per heavy atom. The second-order valence-corrected chi connectivity index (χ2v) is 14.8. The lowest BCUT2D eigenvalue weighted by Crippen LogP contribution is -2.35. The summed E-state index contributed by atoms with van der Waals surface area (Å²) in [5.41, 5.74) is 13.6. The topological polar surface area (TPSA) is 16.3 Å². The van der Waals surface area contributed by atoms with Gasteiger partial charge in [0.05, 0.1) is 0 Å². The largest absolute Gasteiger partial charge is 0.344 e. The molecule has 4 aromatic carbocycles. The molecule has 0 spiro atoms. The molecule has 2 atom stereocenters. The van der Waals surface area contributed by atoms with Gasteiger partial charge in [0, 0.05) is 84.3 Å². The zero-order valence-corrected chi connectivity index (χ0v) is 32.4. The van der Waals surface area contributed by atoms with Crippen molar-refractivity contribution in [2.24, 2.45) is 0 Å². The third kappa shape index (κ3) is 7.74. The maximum Gasteiger partial charge on any atom is 0.123 e. The summed E-state index contributed by atoms with van der Waals surface area (Å²) in [6, 6.07) is 28.4. The van der Waals surface area contributed by atoms with E-state index in [1.165, 1.54) is 66.6 Å². The van der Waals surface area contributed by atoms with Crippen molar-refractivity contribution in [1.82, 2.24) is 18.9 Å². The van der Waals surface area contributed by atoms with Crippen LogP contribution >= 0.6 is 0 Å². The fourth-order valence-corrected chi connectivity index (χ4v) is 8.12. The highest BCUT2D eigenvalue weighted by atomic mass is 19.1. The molecule has 6 heteroatoms. The van der Waals surface area contributed by atoms with Crippen LogP contribution in [-0.2, 0) is 45.3 Å². The van der Waals surface area contributed by atoms with Gasteiger partial charge >= 0.3 is 0 Å². The van der Waals surface area contributed by atoms with Crippen molar-refractivity contribution in [3.63, 3.8) is 0 Å². The third-order valence-corrected chi connectivity index (χ3v) is 11.3. The van der Waals surface area contributed by atoms with E-state index in [2.05, 4.69) is 97.1 Å². The van der Waals surface area contributed by atoms with Crippen molar-refractivity contribution in [1.29, 1.82) is 0 Å². The van der Waals surface area contributed by atoms with Crippen LogP contribution in [0, 0.1) is 25.5 Å². The first-order chi connectivity index (χ1) is 25.1. The smallest absolute Gasteiger partial charge is 0.123 e. The van der Waals surface area contributed by atoms with Crippen LogP contribution in [0.15, 0.2) is 84.9 Å². The number of fused-ring (bicyclic) bond motifs is 6. The number of aryl methyl sites for hydroxylation is 6. The van der Waals surface area contributed by atoms with Gasteiger partial charge < -0.3 is 9.13 Å². The lowest BCUT2D eigenvalue weighted by Gasteiger charge is -2.31.